The van der Waals surface area contributed by atoms with Gasteiger partial charge in [0.15, 0.2) is 5.96 Å². The van der Waals surface area contributed by atoms with Crippen LogP contribution < -0.4 is 33.2 Å². The molecule has 0 saturated carbocycles. The van der Waals surface area contributed by atoms with Crippen molar-refractivity contribution < 1.29 is 24.3 Å². The highest BCUT2D eigenvalue weighted by Crippen LogP contribution is 2.05. The molecule has 0 rings (SSSR count). The van der Waals surface area contributed by atoms with Crippen LogP contribution in [-0.2, 0) is 19.2 Å². The fourth-order valence-corrected chi connectivity index (χ4v) is 2.98. The average molecular weight is 466 g/mol. The minimum atomic E-state index is -1.25. The highest BCUT2D eigenvalue weighted by Gasteiger charge is 2.28. The van der Waals surface area contributed by atoms with Crippen molar-refractivity contribution in [3.05, 3.63) is 0 Å². The van der Waals surface area contributed by atoms with Crippen molar-refractivity contribution in [2.75, 3.05) is 30.9 Å². The lowest BCUT2D eigenvalue weighted by Crippen LogP contribution is -2.56. The first kappa shape index (κ1) is 27.8. The van der Waals surface area contributed by atoms with E-state index < -0.39 is 41.8 Å². The van der Waals surface area contributed by atoms with Crippen LogP contribution >= 0.6 is 24.4 Å². The van der Waals surface area contributed by atoms with Gasteiger partial charge < -0.3 is 38.3 Å². The molecule has 30 heavy (non-hydrogen) atoms. The molecule has 172 valence electrons. The van der Waals surface area contributed by atoms with E-state index in [-0.39, 0.29) is 31.2 Å². The van der Waals surface area contributed by atoms with Gasteiger partial charge in [-0.25, -0.2) is 4.79 Å². The van der Waals surface area contributed by atoms with Crippen LogP contribution in [0.4, 0.5) is 0 Å². The first-order valence-corrected chi connectivity index (χ1v) is 11.2. The first-order chi connectivity index (χ1) is 14.2. The number of aliphatic imine (C=N–C) groups is 1. The summed E-state index contributed by atoms with van der Waals surface area (Å²) in [6, 6.07) is -3.16. The Kier molecular flexibility index (Phi) is 14.5. The Balaban J connectivity index is 5.30. The molecule has 10 N–H and O–H groups in total. The quantitative estimate of drug-likeness (QED) is 0.0542. The predicted octanol–water partition coefficient (Wildman–Crippen LogP) is -2.78. The molecule has 14 heteroatoms. The number of nitrogens with zero attached hydrogens (tertiary/aromatic N) is 1. The molecule has 3 unspecified atom stereocenters. The molecule has 3 amide bonds. The maximum atomic E-state index is 12.7. The molecule has 0 spiro atoms. The standard InChI is InChI=1S/C16H31N7O5S2/c1-30-6-4-10(21-12(24)7-17)14(26)22-9(3-2-5-20-16(18)19)13(25)23-11(8-29)15(27)28/h9-11,29H,2-8,17H2,1H3,(H,21,24)(H,22,26)(H,23,25)(H,27,28)(H4,18,19,20). The number of amides is 3. The SMILES string of the molecule is CSCCC(NC(=O)CN)C(=O)NC(CCCN=C(N)N)C(=O)NC(CS)C(=O)O. The van der Waals surface area contributed by atoms with E-state index in [0.29, 0.717) is 18.6 Å². The van der Waals surface area contributed by atoms with Gasteiger partial charge in [-0.3, -0.25) is 19.4 Å². The molecule has 0 heterocycles. The lowest BCUT2D eigenvalue weighted by atomic mass is 10.1. The number of thioether (sulfide) groups is 1. The summed E-state index contributed by atoms with van der Waals surface area (Å²) in [7, 11) is 0. The number of nitrogens with one attached hydrogen (secondary N) is 3. The zero-order valence-electron chi connectivity index (χ0n) is 16.8. The summed E-state index contributed by atoms with van der Waals surface area (Å²) in [6.45, 7) is -0.0650. The number of thiol groups is 1. The molecule has 0 bridgehead atoms. The molecule has 0 radical (unpaired) electrons. The van der Waals surface area contributed by atoms with Gasteiger partial charge >= 0.3 is 5.97 Å². The minimum absolute atomic E-state index is 0.109. The second-order valence-corrected chi connectivity index (χ2v) is 7.55. The summed E-state index contributed by atoms with van der Waals surface area (Å²) in [5.74, 6) is -2.68. The van der Waals surface area contributed by atoms with Gasteiger partial charge in [0.1, 0.15) is 18.1 Å². The van der Waals surface area contributed by atoms with Crippen molar-refractivity contribution >= 4 is 54.0 Å². The van der Waals surface area contributed by atoms with E-state index >= 15 is 0 Å². The van der Waals surface area contributed by atoms with Crippen LogP contribution in [0.15, 0.2) is 4.99 Å². The lowest BCUT2D eigenvalue weighted by molar-refractivity contribution is -0.141. The van der Waals surface area contributed by atoms with Gasteiger partial charge in [0, 0.05) is 12.3 Å². The Bertz CT molecular complexity index is 617. The molecule has 0 fully saturated rings. The van der Waals surface area contributed by atoms with Crippen molar-refractivity contribution in [3.63, 3.8) is 0 Å². The Labute approximate surface area is 184 Å². The van der Waals surface area contributed by atoms with Crippen LogP contribution in [0.25, 0.3) is 0 Å². The van der Waals surface area contributed by atoms with Crippen LogP contribution in [0.5, 0.6) is 0 Å². The van der Waals surface area contributed by atoms with Gasteiger partial charge in [-0.15, -0.1) is 0 Å². The molecular weight excluding hydrogens is 434 g/mol. The number of nitrogens with two attached hydrogens (primary N) is 3. The fraction of sp³-hybridized carbons (Fsp3) is 0.688. The summed E-state index contributed by atoms with van der Waals surface area (Å²) < 4.78 is 0. The van der Waals surface area contributed by atoms with Crippen LogP contribution in [0.1, 0.15) is 19.3 Å². The first-order valence-electron chi connectivity index (χ1n) is 9.14. The van der Waals surface area contributed by atoms with Crippen molar-refractivity contribution in [2.24, 2.45) is 22.2 Å². The third kappa shape index (κ3) is 11.7. The average Bonchev–Trinajstić information content (AvgIpc) is 2.70. The van der Waals surface area contributed by atoms with Crippen LogP contribution in [-0.4, -0.2) is 83.7 Å². The summed E-state index contributed by atoms with van der Waals surface area (Å²) in [5, 5.41) is 16.5. The lowest BCUT2D eigenvalue weighted by Gasteiger charge is -2.24. The number of aliphatic carboxylic acids is 1. The van der Waals surface area contributed by atoms with E-state index in [1.807, 2.05) is 6.26 Å². The van der Waals surface area contributed by atoms with E-state index in [1.54, 1.807) is 0 Å². The number of guanidine groups is 1. The summed E-state index contributed by atoms with van der Waals surface area (Å²) in [5.41, 5.74) is 15.8. The van der Waals surface area contributed by atoms with Crippen LogP contribution in [0, 0.1) is 0 Å². The summed E-state index contributed by atoms with van der Waals surface area (Å²) >= 11 is 5.39. The highest BCUT2D eigenvalue weighted by atomic mass is 32.2. The van der Waals surface area contributed by atoms with Gasteiger partial charge in [-0.2, -0.15) is 24.4 Å². The van der Waals surface area contributed by atoms with E-state index in [9.17, 15) is 19.2 Å². The van der Waals surface area contributed by atoms with E-state index in [2.05, 4.69) is 33.6 Å². The van der Waals surface area contributed by atoms with Gasteiger partial charge in [-0.1, -0.05) is 0 Å². The maximum Gasteiger partial charge on any atom is 0.327 e. The van der Waals surface area contributed by atoms with Crippen molar-refractivity contribution in [1.29, 1.82) is 0 Å². The van der Waals surface area contributed by atoms with Gasteiger partial charge in [0.2, 0.25) is 17.7 Å². The topological polar surface area (TPSA) is 215 Å². The third-order valence-corrected chi connectivity index (χ3v) is 4.83. The van der Waals surface area contributed by atoms with Crippen LogP contribution in [0.3, 0.4) is 0 Å². The molecular formula is C16H31N7O5S2. The maximum absolute atomic E-state index is 12.7. The zero-order chi connectivity index (χ0) is 23.1. The number of carboxylic acids is 1. The Hall–Kier alpha value is -2.19. The molecule has 0 aliphatic carbocycles. The van der Waals surface area contributed by atoms with Gasteiger partial charge in [0.25, 0.3) is 0 Å². The minimum Gasteiger partial charge on any atom is -0.480 e. The molecule has 0 aromatic rings. The normalized spacial score (nSPS) is 13.4. The Morgan fingerprint density at radius 3 is 2.07 bits per heavy atom. The van der Waals surface area contributed by atoms with E-state index in [0.717, 1.165) is 0 Å². The van der Waals surface area contributed by atoms with E-state index in [4.69, 9.17) is 22.3 Å². The molecule has 0 saturated heterocycles. The monoisotopic (exact) mass is 465 g/mol. The van der Waals surface area contributed by atoms with Gasteiger partial charge in [0.05, 0.1) is 6.54 Å². The number of rotatable bonds is 15. The second kappa shape index (κ2) is 15.6. The zero-order valence-corrected chi connectivity index (χ0v) is 18.5. The molecule has 3 atom stereocenters. The predicted molar refractivity (Wildman–Crippen MR) is 119 cm³/mol. The largest absolute Gasteiger partial charge is 0.480 e. The number of carboxylic acid groups (broad SMARTS) is 1. The van der Waals surface area contributed by atoms with Crippen molar-refractivity contribution in [2.45, 2.75) is 37.4 Å². The number of carbonyl (C=O) groups excluding carboxylic acids is 3. The molecule has 0 aliphatic heterocycles. The second-order valence-electron chi connectivity index (χ2n) is 6.20. The number of hydrogen-bond acceptors (Lipinski definition) is 8. The highest BCUT2D eigenvalue weighted by molar-refractivity contribution is 7.98. The van der Waals surface area contributed by atoms with Crippen molar-refractivity contribution in [3.8, 4) is 0 Å². The fourth-order valence-electron chi connectivity index (χ4n) is 2.26. The molecule has 0 aromatic heterocycles. The number of hydrogen-bond donors (Lipinski definition) is 8. The van der Waals surface area contributed by atoms with Crippen molar-refractivity contribution in [1.82, 2.24) is 16.0 Å². The third-order valence-electron chi connectivity index (χ3n) is 3.82. The molecule has 0 aromatic carbocycles. The van der Waals surface area contributed by atoms with Gasteiger partial charge in [-0.05, 0) is 31.3 Å². The summed E-state index contributed by atoms with van der Waals surface area (Å²) in [4.78, 5) is 51.9. The summed E-state index contributed by atoms with van der Waals surface area (Å²) in [6.07, 6.45) is 2.67. The Morgan fingerprint density at radius 1 is 1.03 bits per heavy atom. The molecule has 12 nitrogen and oxygen atoms in total. The van der Waals surface area contributed by atoms with Crippen LogP contribution in [0.2, 0.25) is 0 Å². The number of carbonyl (C=O) groups is 4. The van der Waals surface area contributed by atoms with E-state index in [1.165, 1.54) is 11.8 Å². The smallest absolute Gasteiger partial charge is 0.327 e. The molecule has 0 aliphatic rings. The Morgan fingerprint density at radius 2 is 1.60 bits per heavy atom.